The predicted octanol–water partition coefficient (Wildman–Crippen LogP) is 3.72. The number of rotatable bonds is 4. The zero-order chi connectivity index (χ0) is 19.8. The molecule has 1 saturated heterocycles. The fourth-order valence-electron chi connectivity index (χ4n) is 5.60. The van der Waals surface area contributed by atoms with Gasteiger partial charge < -0.3 is 14.7 Å². The number of hydrogen-bond donors (Lipinski definition) is 1. The fourth-order valence-corrected chi connectivity index (χ4v) is 5.60. The minimum Gasteiger partial charge on any atom is -0.457 e. The molecule has 1 heterocycles. The molecule has 1 N–H and O–H groups in total. The molecule has 4 nitrogen and oxygen atoms in total. The summed E-state index contributed by atoms with van der Waals surface area (Å²) in [5.74, 6) is 1.61. The highest BCUT2D eigenvalue weighted by Crippen LogP contribution is 2.50. The van der Waals surface area contributed by atoms with E-state index in [9.17, 15) is 9.90 Å². The maximum atomic E-state index is 11.6. The number of carbonyl (C=O) groups excluding carboxylic acids is 1. The number of esters is 1. The van der Waals surface area contributed by atoms with Crippen LogP contribution in [0, 0.1) is 36.0 Å². The number of piperidine rings is 1. The van der Waals surface area contributed by atoms with E-state index in [2.05, 4.69) is 38.2 Å². The van der Waals surface area contributed by atoms with Gasteiger partial charge in [-0.3, -0.25) is 4.79 Å². The Morgan fingerprint density at radius 1 is 1.41 bits per heavy atom. The van der Waals surface area contributed by atoms with E-state index in [1.807, 2.05) is 6.92 Å². The Balaban J connectivity index is 1.76. The van der Waals surface area contributed by atoms with Crippen LogP contribution in [-0.2, 0) is 9.53 Å². The van der Waals surface area contributed by atoms with Gasteiger partial charge in [-0.25, -0.2) is 0 Å². The van der Waals surface area contributed by atoms with Gasteiger partial charge in [0.05, 0.1) is 12.0 Å². The van der Waals surface area contributed by atoms with Crippen LogP contribution < -0.4 is 0 Å². The summed E-state index contributed by atoms with van der Waals surface area (Å²) in [5.41, 5.74) is -0.0100. The first kappa shape index (κ1) is 20.9. The SMILES string of the molecule is CC(=O)O[C@@H]1[C][C@@]2(O)[C@H](C)CC[C@@H]([C@H](C)CN3CCCC(C)C3)[C@H]2C=C1C. The van der Waals surface area contributed by atoms with E-state index in [-0.39, 0.29) is 17.8 Å². The van der Waals surface area contributed by atoms with Crippen LogP contribution in [0.5, 0.6) is 0 Å². The molecule has 4 heteroatoms. The minimum atomic E-state index is -1.01. The van der Waals surface area contributed by atoms with Crippen molar-refractivity contribution in [1.29, 1.82) is 0 Å². The number of aliphatic hydroxyl groups is 1. The first-order chi connectivity index (χ1) is 12.7. The minimum absolute atomic E-state index is 0.0604. The topological polar surface area (TPSA) is 49.8 Å². The molecule has 3 rings (SSSR count). The molecule has 27 heavy (non-hydrogen) atoms. The molecule has 2 radical (unpaired) electrons. The molecule has 0 aromatic carbocycles. The molecule has 0 amide bonds. The molecule has 2 fully saturated rings. The summed E-state index contributed by atoms with van der Waals surface area (Å²) in [6, 6.07) is 0. The quantitative estimate of drug-likeness (QED) is 0.601. The highest BCUT2D eigenvalue weighted by atomic mass is 16.5. The van der Waals surface area contributed by atoms with Gasteiger partial charge in [0.2, 0.25) is 0 Å². The lowest BCUT2D eigenvalue weighted by Gasteiger charge is -2.53. The summed E-state index contributed by atoms with van der Waals surface area (Å²) in [4.78, 5) is 14.1. The lowest BCUT2D eigenvalue weighted by Crippen LogP contribution is -2.56. The first-order valence-corrected chi connectivity index (χ1v) is 10.8. The van der Waals surface area contributed by atoms with Gasteiger partial charge in [0.1, 0.15) is 6.10 Å². The highest BCUT2D eigenvalue weighted by molar-refractivity contribution is 5.66. The zero-order valence-corrected chi connectivity index (χ0v) is 17.7. The molecule has 0 spiro atoms. The van der Waals surface area contributed by atoms with Gasteiger partial charge in [-0.15, -0.1) is 0 Å². The van der Waals surface area contributed by atoms with Crippen LogP contribution in [0.3, 0.4) is 0 Å². The molecule has 0 bridgehead atoms. The van der Waals surface area contributed by atoms with Gasteiger partial charge in [0.25, 0.3) is 0 Å². The first-order valence-electron chi connectivity index (χ1n) is 10.8. The van der Waals surface area contributed by atoms with Crippen LogP contribution in [0.4, 0.5) is 0 Å². The smallest absolute Gasteiger partial charge is 0.303 e. The number of hydrogen-bond acceptors (Lipinski definition) is 4. The third-order valence-electron chi connectivity index (χ3n) is 7.17. The van der Waals surface area contributed by atoms with Crippen molar-refractivity contribution in [3.63, 3.8) is 0 Å². The van der Waals surface area contributed by atoms with E-state index in [0.29, 0.717) is 11.8 Å². The summed E-state index contributed by atoms with van der Waals surface area (Å²) in [7, 11) is 0. The second-order valence-corrected chi connectivity index (χ2v) is 9.52. The summed E-state index contributed by atoms with van der Waals surface area (Å²) in [5, 5.41) is 11.6. The lowest BCUT2D eigenvalue weighted by atomic mass is 9.57. The van der Waals surface area contributed by atoms with E-state index in [0.717, 1.165) is 30.9 Å². The van der Waals surface area contributed by atoms with Crippen molar-refractivity contribution in [1.82, 2.24) is 4.90 Å². The lowest BCUT2D eigenvalue weighted by molar-refractivity contribution is -0.148. The summed E-state index contributed by atoms with van der Waals surface area (Å²) < 4.78 is 5.41. The number of fused-ring (bicyclic) bond motifs is 1. The van der Waals surface area contributed by atoms with E-state index >= 15 is 0 Å². The van der Waals surface area contributed by atoms with Gasteiger partial charge >= 0.3 is 5.97 Å². The summed E-state index contributed by atoms with van der Waals surface area (Å²) in [6.45, 7) is 13.7. The van der Waals surface area contributed by atoms with Crippen LogP contribution in [0.25, 0.3) is 0 Å². The Bertz CT molecular complexity index is 574. The average Bonchev–Trinajstić information content (AvgIpc) is 2.57. The van der Waals surface area contributed by atoms with Gasteiger partial charge in [-0.1, -0.05) is 26.8 Å². The molecule has 0 aromatic rings. The third kappa shape index (κ3) is 4.42. The summed E-state index contributed by atoms with van der Waals surface area (Å²) >= 11 is 0. The van der Waals surface area contributed by atoms with Crippen LogP contribution >= 0.6 is 0 Å². The van der Waals surface area contributed by atoms with Crippen LogP contribution in [0.2, 0.25) is 0 Å². The monoisotopic (exact) mass is 375 g/mol. The number of likely N-dealkylation sites (tertiary alicyclic amines) is 1. The van der Waals surface area contributed by atoms with E-state index < -0.39 is 11.7 Å². The van der Waals surface area contributed by atoms with E-state index in [4.69, 9.17) is 4.74 Å². The molecule has 3 aliphatic rings. The van der Waals surface area contributed by atoms with Gasteiger partial charge in [-0.05, 0) is 68.4 Å². The maximum absolute atomic E-state index is 11.6. The van der Waals surface area contributed by atoms with Crippen molar-refractivity contribution in [2.24, 2.45) is 29.6 Å². The van der Waals surface area contributed by atoms with Crippen molar-refractivity contribution < 1.29 is 14.6 Å². The molecular formula is C23H37NO3. The van der Waals surface area contributed by atoms with Crippen LogP contribution in [-0.4, -0.2) is 47.3 Å². The van der Waals surface area contributed by atoms with Gasteiger partial charge in [0, 0.05) is 25.9 Å². The molecule has 1 unspecified atom stereocenters. The Morgan fingerprint density at radius 3 is 2.81 bits per heavy atom. The van der Waals surface area contributed by atoms with Crippen molar-refractivity contribution >= 4 is 5.97 Å². The van der Waals surface area contributed by atoms with Crippen molar-refractivity contribution in [3.8, 4) is 0 Å². The number of carbonyl (C=O) groups is 1. The number of nitrogens with zero attached hydrogens (tertiary/aromatic N) is 1. The van der Waals surface area contributed by atoms with Crippen molar-refractivity contribution in [2.45, 2.75) is 72.0 Å². The maximum Gasteiger partial charge on any atom is 0.303 e. The zero-order valence-electron chi connectivity index (χ0n) is 17.7. The fraction of sp³-hybridized carbons (Fsp3) is 0.826. The second kappa shape index (κ2) is 8.24. The van der Waals surface area contributed by atoms with Crippen LogP contribution in [0.1, 0.15) is 60.3 Å². The Kier molecular flexibility index (Phi) is 6.37. The van der Waals surface area contributed by atoms with Crippen molar-refractivity contribution in [3.05, 3.63) is 18.1 Å². The Morgan fingerprint density at radius 2 is 2.15 bits per heavy atom. The standard InChI is InChI=1S/C23H37NO3/c1-15-7-6-10-24(13-15)14-17(3)20-9-8-18(4)23(26)12-22(27-19(5)25)16(2)11-21(20)23/h11,15,17-18,20-22,26H,6-10,13-14H2,1-5H3/t15?,17-,18-,20+,21-,22-,23-/m1/s1. The molecule has 0 aromatic heterocycles. The van der Waals surface area contributed by atoms with Gasteiger partial charge in [-0.2, -0.15) is 0 Å². The average molecular weight is 376 g/mol. The highest BCUT2D eigenvalue weighted by Gasteiger charge is 2.53. The molecule has 7 atom stereocenters. The van der Waals surface area contributed by atoms with Crippen LogP contribution in [0.15, 0.2) is 11.6 Å². The molecule has 2 aliphatic carbocycles. The second-order valence-electron chi connectivity index (χ2n) is 9.52. The molecule has 152 valence electrons. The van der Waals surface area contributed by atoms with E-state index in [1.165, 1.54) is 32.9 Å². The molecular weight excluding hydrogens is 338 g/mol. The Labute approximate surface area is 165 Å². The molecule has 1 saturated carbocycles. The van der Waals surface area contributed by atoms with Crippen molar-refractivity contribution in [2.75, 3.05) is 19.6 Å². The normalized spacial score (nSPS) is 41.4. The Hall–Kier alpha value is -0.870. The molecule has 1 aliphatic heterocycles. The third-order valence-corrected chi connectivity index (χ3v) is 7.17. The summed E-state index contributed by atoms with van der Waals surface area (Å²) in [6.07, 6.45) is 9.72. The van der Waals surface area contributed by atoms with Gasteiger partial charge in [0.15, 0.2) is 0 Å². The largest absolute Gasteiger partial charge is 0.457 e. The number of ether oxygens (including phenoxy) is 1. The predicted molar refractivity (Wildman–Crippen MR) is 107 cm³/mol. The van der Waals surface area contributed by atoms with E-state index in [1.54, 1.807) is 0 Å².